The van der Waals surface area contributed by atoms with E-state index in [9.17, 15) is 0 Å². The molecule has 0 radical (unpaired) electrons. The third kappa shape index (κ3) is 1.70. The summed E-state index contributed by atoms with van der Waals surface area (Å²) in [6.07, 6.45) is 5.81. The number of hydrogen-bond acceptors (Lipinski definition) is 2. The monoisotopic (exact) mass is 197 g/mol. The van der Waals surface area contributed by atoms with Gasteiger partial charge in [-0.3, -0.25) is 4.90 Å². The topological polar surface area (TPSA) is 12.5 Å². The maximum absolute atomic E-state index is 5.84. The van der Waals surface area contributed by atoms with Gasteiger partial charge in [0, 0.05) is 11.6 Å². The van der Waals surface area contributed by atoms with Gasteiger partial charge in [0.1, 0.15) is 0 Å². The number of fused-ring (bicyclic) bond motifs is 1. The van der Waals surface area contributed by atoms with Crippen LogP contribution in [0.15, 0.2) is 0 Å². The van der Waals surface area contributed by atoms with Crippen LogP contribution < -0.4 is 0 Å². The minimum absolute atomic E-state index is 0.378. The van der Waals surface area contributed by atoms with Crippen molar-refractivity contribution in [2.24, 2.45) is 0 Å². The summed E-state index contributed by atoms with van der Waals surface area (Å²) in [5, 5.41) is 0. The fourth-order valence-corrected chi connectivity index (χ4v) is 3.10. The van der Waals surface area contributed by atoms with Crippen molar-refractivity contribution in [3.63, 3.8) is 0 Å². The van der Waals surface area contributed by atoms with E-state index in [1.807, 2.05) is 0 Å². The van der Waals surface area contributed by atoms with Gasteiger partial charge >= 0.3 is 0 Å². The van der Waals surface area contributed by atoms with Crippen molar-refractivity contribution in [3.05, 3.63) is 0 Å². The molecule has 2 heterocycles. The van der Waals surface area contributed by atoms with E-state index in [0.29, 0.717) is 11.6 Å². The molecule has 2 saturated heterocycles. The molecule has 2 fully saturated rings. The Hall–Kier alpha value is -0.0800. The van der Waals surface area contributed by atoms with Crippen molar-refractivity contribution in [2.75, 3.05) is 13.2 Å². The normalized spacial score (nSPS) is 38.1. The summed E-state index contributed by atoms with van der Waals surface area (Å²) >= 11 is 0. The molecule has 0 N–H and O–H groups in total. The molecular weight excluding hydrogens is 174 g/mol. The summed E-state index contributed by atoms with van der Waals surface area (Å²) in [5.41, 5.74) is 0.420. The first-order valence-electron chi connectivity index (χ1n) is 6.02. The van der Waals surface area contributed by atoms with Crippen LogP contribution in [0, 0.1) is 0 Å². The van der Waals surface area contributed by atoms with Crippen LogP contribution in [0.4, 0.5) is 0 Å². The van der Waals surface area contributed by atoms with Gasteiger partial charge in [-0.2, -0.15) is 0 Å². The molecular formula is C12H23NO. The van der Waals surface area contributed by atoms with E-state index in [0.717, 1.165) is 12.6 Å². The third-order valence-corrected chi connectivity index (χ3v) is 3.90. The molecule has 0 saturated carbocycles. The molecule has 0 bridgehead atoms. The molecule has 0 spiro atoms. The van der Waals surface area contributed by atoms with Crippen LogP contribution >= 0.6 is 0 Å². The zero-order valence-electron chi connectivity index (χ0n) is 9.75. The predicted molar refractivity (Wildman–Crippen MR) is 58.5 cm³/mol. The Balaban J connectivity index is 1.99. The third-order valence-electron chi connectivity index (χ3n) is 3.90. The van der Waals surface area contributed by atoms with Gasteiger partial charge in [0.2, 0.25) is 0 Å². The number of nitrogens with zero attached hydrogens (tertiary/aromatic N) is 1. The lowest BCUT2D eigenvalue weighted by Crippen LogP contribution is -2.45. The van der Waals surface area contributed by atoms with E-state index in [1.54, 1.807) is 0 Å². The van der Waals surface area contributed by atoms with E-state index in [-0.39, 0.29) is 0 Å². The summed E-state index contributed by atoms with van der Waals surface area (Å²) in [4.78, 5) is 2.69. The summed E-state index contributed by atoms with van der Waals surface area (Å²) in [6.45, 7) is 8.88. The van der Waals surface area contributed by atoms with Crippen LogP contribution in [0.25, 0.3) is 0 Å². The van der Waals surface area contributed by atoms with E-state index in [4.69, 9.17) is 4.74 Å². The van der Waals surface area contributed by atoms with Crippen LogP contribution in [0.3, 0.4) is 0 Å². The standard InChI is InChI=1S/C12H23NO/c1-10(2)14-9-12-6-4-8-13(12)11(3)5-7-12/h10-11H,4-9H2,1-3H3. The Kier molecular flexibility index (Phi) is 2.85. The average molecular weight is 197 g/mol. The first-order chi connectivity index (χ1) is 6.64. The lowest BCUT2D eigenvalue weighted by molar-refractivity contribution is -0.00353. The summed E-state index contributed by atoms with van der Waals surface area (Å²) in [7, 11) is 0. The van der Waals surface area contributed by atoms with Crippen LogP contribution in [0.1, 0.15) is 46.5 Å². The van der Waals surface area contributed by atoms with Gasteiger partial charge in [0.25, 0.3) is 0 Å². The van der Waals surface area contributed by atoms with Gasteiger partial charge in [-0.25, -0.2) is 0 Å². The lowest BCUT2D eigenvalue weighted by Gasteiger charge is -2.34. The van der Waals surface area contributed by atoms with Crippen LogP contribution in [0.2, 0.25) is 0 Å². The van der Waals surface area contributed by atoms with Gasteiger partial charge in [-0.05, 0) is 53.0 Å². The second kappa shape index (κ2) is 3.82. The Morgan fingerprint density at radius 1 is 1.43 bits per heavy atom. The minimum Gasteiger partial charge on any atom is -0.377 e. The van der Waals surface area contributed by atoms with Gasteiger partial charge < -0.3 is 4.74 Å². The molecule has 2 unspecified atom stereocenters. The lowest BCUT2D eigenvalue weighted by atomic mass is 9.95. The van der Waals surface area contributed by atoms with Crippen molar-refractivity contribution in [3.8, 4) is 0 Å². The highest BCUT2D eigenvalue weighted by atomic mass is 16.5. The molecule has 0 aromatic rings. The second-order valence-electron chi connectivity index (χ2n) is 5.27. The first kappa shape index (κ1) is 10.4. The summed E-state index contributed by atoms with van der Waals surface area (Å²) < 4.78 is 5.84. The molecule has 2 rings (SSSR count). The molecule has 2 aliphatic heterocycles. The van der Waals surface area contributed by atoms with Crippen molar-refractivity contribution >= 4 is 0 Å². The first-order valence-corrected chi connectivity index (χ1v) is 6.02. The highest BCUT2D eigenvalue weighted by Gasteiger charge is 2.47. The van der Waals surface area contributed by atoms with Crippen LogP contribution in [0.5, 0.6) is 0 Å². The van der Waals surface area contributed by atoms with Crippen LogP contribution in [-0.2, 0) is 4.74 Å². The second-order valence-corrected chi connectivity index (χ2v) is 5.27. The quantitative estimate of drug-likeness (QED) is 0.689. The SMILES string of the molecule is CC(C)OCC12CCCN1C(C)CC2. The highest BCUT2D eigenvalue weighted by molar-refractivity contribution is 5.03. The molecule has 0 aliphatic carbocycles. The van der Waals surface area contributed by atoms with Gasteiger partial charge in [-0.1, -0.05) is 0 Å². The highest BCUT2D eigenvalue weighted by Crippen LogP contribution is 2.42. The zero-order chi connectivity index (χ0) is 10.2. The largest absolute Gasteiger partial charge is 0.377 e. The molecule has 14 heavy (non-hydrogen) atoms. The molecule has 82 valence electrons. The Labute approximate surface area is 87.6 Å². The van der Waals surface area contributed by atoms with Crippen LogP contribution in [-0.4, -0.2) is 35.7 Å². The summed E-state index contributed by atoms with van der Waals surface area (Å²) in [6, 6.07) is 0.785. The zero-order valence-corrected chi connectivity index (χ0v) is 9.75. The van der Waals surface area contributed by atoms with E-state index in [1.165, 1.54) is 32.2 Å². The molecule has 2 atom stereocenters. The van der Waals surface area contributed by atoms with Crippen molar-refractivity contribution in [1.29, 1.82) is 0 Å². The van der Waals surface area contributed by atoms with E-state index >= 15 is 0 Å². The molecule has 0 aromatic carbocycles. The Morgan fingerprint density at radius 3 is 2.93 bits per heavy atom. The van der Waals surface area contributed by atoms with Gasteiger partial charge in [-0.15, -0.1) is 0 Å². The molecule has 2 heteroatoms. The Morgan fingerprint density at radius 2 is 2.21 bits per heavy atom. The van der Waals surface area contributed by atoms with Crippen molar-refractivity contribution in [1.82, 2.24) is 4.90 Å². The van der Waals surface area contributed by atoms with E-state index < -0.39 is 0 Å². The summed E-state index contributed by atoms with van der Waals surface area (Å²) in [5.74, 6) is 0. The number of ether oxygens (including phenoxy) is 1. The maximum atomic E-state index is 5.84. The molecule has 0 amide bonds. The van der Waals surface area contributed by atoms with E-state index in [2.05, 4.69) is 25.7 Å². The smallest absolute Gasteiger partial charge is 0.0654 e. The average Bonchev–Trinajstić information content (AvgIpc) is 2.65. The van der Waals surface area contributed by atoms with Gasteiger partial charge in [0.15, 0.2) is 0 Å². The molecule has 2 nitrogen and oxygen atoms in total. The fourth-order valence-electron chi connectivity index (χ4n) is 3.10. The minimum atomic E-state index is 0.378. The molecule has 2 aliphatic rings. The number of rotatable bonds is 3. The molecule has 0 aromatic heterocycles. The predicted octanol–water partition coefficient (Wildman–Crippen LogP) is 2.43. The Bertz CT molecular complexity index is 204. The maximum Gasteiger partial charge on any atom is 0.0654 e. The van der Waals surface area contributed by atoms with Gasteiger partial charge in [0.05, 0.1) is 12.7 Å². The van der Waals surface area contributed by atoms with Crippen molar-refractivity contribution < 1.29 is 4.74 Å². The fraction of sp³-hybridized carbons (Fsp3) is 1.00. The van der Waals surface area contributed by atoms with Crippen molar-refractivity contribution in [2.45, 2.75) is 64.1 Å². The number of hydrogen-bond donors (Lipinski definition) is 0.